The summed E-state index contributed by atoms with van der Waals surface area (Å²) in [6.07, 6.45) is 4.11. The molecule has 0 aromatic heterocycles. The molecule has 0 radical (unpaired) electrons. The molecule has 1 heterocycles. The third-order valence-electron chi connectivity index (χ3n) is 5.65. The first-order valence-electron chi connectivity index (χ1n) is 10.7. The first-order valence-corrected chi connectivity index (χ1v) is 13.0. The molecule has 0 unspecified atom stereocenters. The Morgan fingerprint density at radius 1 is 1.07 bits per heavy atom. The summed E-state index contributed by atoms with van der Waals surface area (Å²) in [5, 5.41) is 11.4. The van der Waals surface area contributed by atoms with E-state index in [0.717, 1.165) is 19.3 Å². The number of ether oxygens (including phenoxy) is 1. The van der Waals surface area contributed by atoms with E-state index in [1.807, 2.05) is 32.9 Å². The summed E-state index contributed by atoms with van der Waals surface area (Å²) in [7, 11) is -1.46. The van der Waals surface area contributed by atoms with Gasteiger partial charge in [-0.15, -0.1) is 0 Å². The van der Waals surface area contributed by atoms with E-state index in [2.05, 4.69) is 54.8 Å². The zero-order valence-electron chi connectivity index (χ0n) is 18.6. The largest absolute Gasteiger partial charge is 0.444 e. The highest BCUT2D eigenvalue weighted by Crippen LogP contribution is 2.60. The van der Waals surface area contributed by atoms with Gasteiger partial charge in [-0.25, -0.2) is 4.79 Å². The summed E-state index contributed by atoms with van der Waals surface area (Å²) in [5.41, 5.74) is -0.544. The highest BCUT2D eigenvalue weighted by atomic mass is 32.3. The highest BCUT2D eigenvalue weighted by molar-refractivity contribution is 8.33. The molecule has 30 heavy (non-hydrogen) atoms. The molecular formula is C25H35NO3S. The first kappa shape index (κ1) is 22.7. The molecule has 164 valence electrons. The third-order valence-corrected chi connectivity index (χ3v) is 9.29. The smallest absolute Gasteiger partial charge is 0.410 e. The Morgan fingerprint density at radius 2 is 1.60 bits per heavy atom. The highest BCUT2D eigenvalue weighted by Gasteiger charge is 2.37. The number of likely N-dealkylation sites (tertiary alicyclic amines) is 1. The second-order valence-corrected chi connectivity index (χ2v) is 12.6. The van der Waals surface area contributed by atoms with E-state index in [1.165, 1.54) is 9.79 Å². The van der Waals surface area contributed by atoms with Crippen molar-refractivity contribution in [1.29, 1.82) is 0 Å². The number of aliphatic hydroxyl groups excluding tert-OH is 1. The predicted octanol–water partition coefficient (Wildman–Crippen LogP) is 5.69. The van der Waals surface area contributed by atoms with E-state index in [-0.39, 0.29) is 12.1 Å². The van der Waals surface area contributed by atoms with Crippen LogP contribution in [-0.4, -0.2) is 52.4 Å². The molecule has 4 nitrogen and oxygen atoms in total. The van der Waals surface area contributed by atoms with Gasteiger partial charge in [0.05, 0.1) is 12.1 Å². The molecule has 1 amide bonds. The van der Waals surface area contributed by atoms with E-state index in [1.54, 1.807) is 4.90 Å². The molecule has 5 heteroatoms. The average molecular weight is 430 g/mol. The Labute approximate surface area is 182 Å². The van der Waals surface area contributed by atoms with Crippen LogP contribution in [0.1, 0.15) is 40.0 Å². The quantitative estimate of drug-likeness (QED) is 0.664. The zero-order valence-corrected chi connectivity index (χ0v) is 19.4. The van der Waals surface area contributed by atoms with Crippen LogP contribution in [0.15, 0.2) is 70.5 Å². The molecule has 3 rings (SSSR count). The maximum Gasteiger partial charge on any atom is 0.410 e. The van der Waals surface area contributed by atoms with E-state index in [0.29, 0.717) is 12.3 Å². The monoisotopic (exact) mass is 429 g/mol. The maximum atomic E-state index is 12.8. The van der Waals surface area contributed by atoms with Crippen molar-refractivity contribution in [3.8, 4) is 0 Å². The Hall–Kier alpha value is -1.98. The number of amides is 1. The molecule has 1 aliphatic heterocycles. The minimum Gasteiger partial charge on any atom is -0.444 e. The van der Waals surface area contributed by atoms with Crippen LogP contribution in [0.5, 0.6) is 0 Å². The SMILES string of the molecule is CC(C)(C)OC(=O)N1CCCC[C@H]1[C@@H](O)CS(C)(c1ccccc1)c1ccccc1. The van der Waals surface area contributed by atoms with Crippen LogP contribution in [0.3, 0.4) is 0 Å². The van der Waals surface area contributed by atoms with Gasteiger partial charge in [0.25, 0.3) is 0 Å². The zero-order chi connectivity index (χ0) is 21.8. The number of rotatable bonds is 5. The van der Waals surface area contributed by atoms with Crippen LogP contribution in [-0.2, 0) is 4.74 Å². The Bertz CT molecular complexity index is 780. The fraction of sp³-hybridized carbons (Fsp3) is 0.480. The second kappa shape index (κ2) is 9.44. The van der Waals surface area contributed by atoms with Crippen LogP contribution < -0.4 is 0 Å². The fourth-order valence-corrected chi connectivity index (χ4v) is 7.21. The van der Waals surface area contributed by atoms with Crippen molar-refractivity contribution < 1.29 is 14.6 Å². The fourth-order valence-electron chi connectivity index (χ4n) is 4.13. The van der Waals surface area contributed by atoms with Gasteiger partial charge in [0.1, 0.15) is 5.60 Å². The van der Waals surface area contributed by atoms with Crippen molar-refractivity contribution in [2.45, 2.75) is 67.6 Å². The normalized spacial score (nSPS) is 19.2. The summed E-state index contributed by atoms with van der Waals surface area (Å²) in [6.45, 7) is 6.28. The Morgan fingerprint density at radius 3 is 2.10 bits per heavy atom. The van der Waals surface area contributed by atoms with Crippen LogP contribution in [0, 0.1) is 0 Å². The number of carbonyl (C=O) groups is 1. The van der Waals surface area contributed by atoms with E-state index in [4.69, 9.17) is 4.74 Å². The molecule has 0 spiro atoms. The number of piperidine rings is 1. The van der Waals surface area contributed by atoms with Crippen LogP contribution >= 0.6 is 10.0 Å². The molecule has 0 saturated carbocycles. The Kier molecular flexibility index (Phi) is 7.14. The predicted molar refractivity (Wildman–Crippen MR) is 124 cm³/mol. The Balaban J connectivity index is 1.87. The van der Waals surface area contributed by atoms with Gasteiger partial charge in [-0.05, 0) is 80.3 Å². The molecule has 2 aromatic carbocycles. The van der Waals surface area contributed by atoms with Gasteiger partial charge < -0.3 is 14.7 Å². The van der Waals surface area contributed by atoms with E-state index >= 15 is 0 Å². The first-order chi connectivity index (χ1) is 14.2. The summed E-state index contributed by atoms with van der Waals surface area (Å²) in [4.78, 5) is 17.1. The molecule has 2 aromatic rings. The average Bonchev–Trinajstić information content (AvgIpc) is 2.73. The van der Waals surface area contributed by atoms with Gasteiger partial charge in [-0.2, -0.15) is 10.0 Å². The molecular weight excluding hydrogens is 394 g/mol. The minimum atomic E-state index is -1.46. The molecule has 2 atom stereocenters. The molecule has 0 aliphatic carbocycles. The second-order valence-electron chi connectivity index (χ2n) is 9.18. The van der Waals surface area contributed by atoms with Crippen molar-refractivity contribution in [1.82, 2.24) is 4.90 Å². The van der Waals surface area contributed by atoms with Crippen LogP contribution in [0.2, 0.25) is 0 Å². The van der Waals surface area contributed by atoms with E-state index < -0.39 is 21.7 Å². The number of hydrogen-bond donors (Lipinski definition) is 1. The standard InChI is InChI=1S/C25H35NO3S/c1-25(2,3)29-24(28)26-18-12-11-17-22(26)23(27)19-30(4,20-13-7-5-8-14-20)21-15-9-6-10-16-21/h5-10,13-16,22-23,27H,11-12,17-19H2,1-4H3/t22-,23-/m0/s1. The number of benzene rings is 2. The number of hydrogen-bond acceptors (Lipinski definition) is 3. The number of aliphatic hydroxyl groups is 1. The van der Waals surface area contributed by atoms with Crippen molar-refractivity contribution in [2.24, 2.45) is 0 Å². The van der Waals surface area contributed by atoms with Crippen LogP contribution in [0.4, 0.5) is 4.79 Å². The van der Waals surface area contributed by atoms with Gasteiger partial charge in [0, 0.05) is 12.3 Å². The summed E-state index contributed by atoms with van der Waals surface area (Å²) in [6, 6.07) is 20.7. The minimum absolute atomic E-state index is 0.215. The maximum absolute atomic E-state index is 12.8. The van der Waals surface area contributed by atoms with Crippen molar-refractivity contribution in [2.75, 3.05) is 18.6 Å². The number of nitrogens with zero attached hydrogens (tertiary/aromatic N) is 1. The lowest BCUT2D eigenvalue weighted by atomic mass is 9.98. The van der Waals surface area contributed by atoms with Crippen LogP contribution in [0.25, 0.3) is 0 Å². The lowest BCUT2D eigenvalue weighted by Crippen LogP contribution is -2.52. The molecule has 1 fully saturated rings. The third kappa shape index (κ3) is 5.38. The molecule has 1 aliphatic rings. The van der Waals surface area contributed by atoms with Gasteiger partial charge in [-0.1, -0.05) is 36.4 Å². The van der Waals surface area contributed by atoms with Crippen molar-refractivity contribution in [3.63, 3.8) is 0 Å². The molecule has 1 N–H and O–H groups in total. The van der Waals surface area contributed by atoms with E-state index in [9.17, 15) is 9.90 Å². The van der Waals surface area contributed by atoms with Crippen molar-refractivity contribution in [3.05, 3.63) is 60.7 Å². The molecule has 1 saturated heterocycles. The van der Waals surface area contributed by atoms with Crippen molar-refractivity contribution >= 4 is 16.1 Å². The summed E-state index contributed by atoms with van der Waals surface area (Å²) < 4.78 is 5.64. The summed E-state index contributed by atoms with van der Waals surface area (Å²) in [5.74, 6) is 0.616. The lowest BCUT2D eigenvalue weighted by Gasteiger charge is -2.44. The van der Waals surface area contributed by atoms with Gasteiger partial charge in [-0.3, -0.25) is 0 Å². The van der Waals surface area contributed by atoms with Gasteiger partial charge in [0.15, 0.2) is 0 Å². The topological polar surface area (TPSA) is 49.8 Å². The lowest BCUT2D eigenvalue weighted by molar-refractivity contribution is -0.0117. The summed E-state index contributed by atoms with van der Waals surface area (Å²) >= 11 is 0. The number of carbonyl (C=O) groups excluding carboxylic acids is 1. The van der Waals surface area contributed by atoms with Gasteiger partial charge in [0.2, 0.25) is 0 Å². The molecule has 0 bridgehead atoms. The van der Waals surface area contributed by atoms with Gasteiger partial charge >= 0.3 is 6.09 Å².